The summed E-state index contributed by atoms with van der Waals surface area (Å²) < 4.78 is 0. The van der Waals surface area contributed by atoms with Crippen LogP contribution in [-0.2, 0) is 6.42 Å². The van der Waals surface area contributed by atoms with Gasteiger partial charge in [0.1, 0.15) is 0 Å². The summed E-state index contributed by atoms with van der Waals surface area (Å²) in [4.78, 5) is 0. The van der Waals surface area contributed by atoms with Gasteiger partial charge in [0.05, 0.1) is 0 Å². The Morgan fingerprint density at radius 3 is 2.18 bits per heavy atom. The highest BCUT2D eigenvalue weighted by atomic mass is 32.2. The summed E-state index contributed by atoms with van der Waals surface area (Å²) in [6.45, 7) is 8.91. The maximum atomic E-state index is 6.30. The van der Waals surface area contributed by atoms with Crippen LogP contribution in [0.15, 0.2) is 24.3 Å². The number of rotatable bonds is 6. The van der Waals surface area contributed by atoms with Crippen LogP contribution in [0.3, 0.4) is 0 Å². The average Bonchev–Trinajstić information content (AvgIpc) is 2.35. The zero-order valence-electron chi connectivity index (χ0n) is 11.4. The SMILES string of the molecule is CCc1ccc(C(N)C(C)SCC(C)C)cc1. The standard InChI is InChI=1S/C15H25NS/c1-5-13-6-8-14(9-7-13)15(16)12(4)17-10-11(2)3/h6-9,11-12,15H,5,10,16H2,1-4H3. The fraction of sp³-hybridized carbons (Fsp3) is 0.600. The fourth-order valence-electron chi connectivity index (χ4n) is 1.69. The first-order valence-corrected chi connectivity index (χ1v) is 7.55. The number of aryl methyl sites for hydroxylation is 1. The van der Waals surface area contributed by atoms with Crippen molar-refractivity contribution in [2.45, 2.75) is 45.4 Å². The van der Waals surface area contributed by atoms with E-state index in [2.05, 4.69) is 52.0 Å². The van der Waals surface area contributed by atoms with E-state index in [1.807, 2.05) is 11.8 Å². The van der Waals surface area contributed by atoms with Crippen LogP contribution in [0, 0.1) is 5.92 Å². The number of hydrogen-bond donors (Lipinski definition) is 1. The van der Waals surface area contributed by atoms with Gasteiger partial charge in [0.2, 0.25) is 0 Å². The summed E-state index contributed by atoms with van der Waals surface area (Å²) in [5.74, 6) is 1.92. The molecule has 0 heterocycles. The number of benzene rings is 1. The molecule has 1 rings (SSSR count). The van der Waals surface area contributed by atoms with Crippen LogP contribution in [0.25, 0.3) is 0 Å². The Morgan fingerprint density at radius 1 is 1.12 bits per heavy atom. The highest BCUT2D eigenvalue weighted by Gasteiger charge is 2.15. The van der Waals surface area contributed by atoms with Crippen molar-refractivity contribution in [3.8, 4) is 0 Å². The highest BCUT2D eigenvalue weighted by Crippen LogP contribution is 2.26. The predicted molar refractivity (Wildman–Crippen MR) is 79.5 cm³/mol. The third-order valence-electron chi connectivity index (χ3n) is 2.97. The zero-order chi connectivity index (χ0) is 12.8. The molecule has 0 aliphatic rings. The minimum Gasteiger partial charge on any atom is -0.323 e. The molecule has 0 aromatic heterocycles. The Balaban J connectivity index is 2.58. The first-order valence-electron chi connectivity index (χ1n) is 6.50. The largest absolute Gasteiger partial charge is 0.323 e. The van der Waals surface area contributed by atoms with Crippen LogP contribution in [0.4, 0.5) is 0 Å². The van der Waals surface area contributed by atoms with E-state index in [1.165, 1.54) is 16.9 Å². The molecule has 0 fully saturated rings. The van der Waals surface area contributed by atoms with E-state index < -0.39 is 0 Å². The Bertz CT molecular complexity index is 318. The van der Waals surface area contributed by atoms with Crippen molar-refractivity contribution < 1.29 is 0 Å². The van der Waals surface area contributed by atoms with Crippen molar-refractivity contribution in [2.75, 3.05) is 5.75 Å². The molecule has 2 unspecified atom stereocenters. The minimum absolute atomic E-state index is 0.143. The van der Waals surface area contributed by atoms with E-state index in [-0.39, 0.29) is 6.04 Å². The molecule has 0 aliphatic carbocycles. The Labute approximate surface area is 110 Å². The van der Waals surface area contributed by atoms with Crippen molar-refractivity contribution in [1.29, 1.82) is 0 Å². The van der Waals surface area contributed by atoms with Crippen LogP contribution in [0.2, 0.25) is 0 Å². The molecule has 96 valence electrons. The van der Waals surface area contributed by atoms with Gasteiger partial charge in [-0.2, -0.15) is 11.8 Å². The summed E-state index contributed by atoms with van der Waals surface area (Å²) in [6.07, 6.45) is 1.09. The van der Waals surface area contributed by atoms with Gasteiger partial charge in [-0.05, 0) is 29.2 Å². The second-order valence-corrected chi connectivity index (χ2v) is 6.46. The minimum atomic E-state index is 0.143. The summed E-state index contributed by atoms with van der Waals surface area (Å²) in [6, 6.07) is 8.88. The van der Waals surface area contributed by atoms with E-state index in [4.69, 9.17) is 5.73 Å². The molecule has 0 radical (unpaired) electrons. The van der Waals surface area contributed by atoms with Gasteiger partial charge in [-0.1, -0.05) is 52.0 Å². The molecule has 0 aliphatic heterocycles. The lowest BCUT2D eigenvalue weighted by molar-refractivity contribution is 0.702. The third-order valence-corrected chi connectivity index (χ3v) is 4.65. The normalized spacial score (nSPS) is 14.9. The van der Waals surface area contributed by atoms with E-state index in [0.29, 0.717) is 5.25 Å². The van der Waals surface area contributed by atoms with Crippen LogP contribution >= 0.6 is 11.8 Å². The summed E-state index contributed by atoms with van der Waals surface area (Å²) in [5, 5.41) is 0.477. The first kappa shape index (κ1) is 14.6. The maximum absolute atomic E-state index is 6.30. The first-order chi connectivity index (χ1) is 8.04. The van der Waals surface area contributed by atoms with Crippen LogP contribution in [0.5, 0.6) is 0 Å². The van der Waals surface area contributed by atoms with Gasteiger partial charge in [0.15, 0.2) is 0 Å². The van der Waals surface area contributed by atoms with Crippen LogP contribution < -0.4 is 5.73 Å². The average molecular weight is 251 g/mol. The van der Waals surface area contributed by atoms with Crippen molar-refractivity contribution in [3.63, 3.8) is 0 Å². The summed E-state index contributed by atoms with van der Waals surface area (Å²) in [5.41, 5.74) is 8.93. The van der Waals surface area contributed by atoms with Gasteiger partial charge in [-0.25, -0.2) is 0 Å². The molecule has 0 saturated heterocycles. The molecule has 2 atom stereocenters. The lowest BCUT2D eigenvalue weighted by Crippen LogP contribution is -2.22. The van der Waals surface area contributed by atoms with Crippen molar-refractivity contribution in [1.82, 2.24) is 0 Å². The van der Waals surface area contributed by atoms with Crippen LogP contribution in [0.1, 0.15) is 44.9 Å². The van der Waals surface area contributed by atoms with Gasteiger partial charge >= 0.3 is 0 Å². The molecule has 0 spiro atoms. The molecule has 0 amide bonds. The molecule has 0 bridgehead atoms. The topological polar surface area (TPSA) is 26.0 Å². The second kappa shape index (κ2) is 7.07. The fourth-order valence-corrected chi connectivity index (χ4v) is 2.75. The number of thioether (sulfide) groups is 1. The molecular weight excluding hydrogens is 226 g/mol. The third kappa shape index (κ3) is 4.72. The van der Waals surface area contributed by atoms with Gasteiger partial charge in [-0.3, -0.25) is 0 Å². The lowest BCUT2D eigenvalue weighted by atomic mass is 10.0. The van der Waals surface area contributed by atoms with Crippen LogP contribution in [-0.4, -0.2) is 11.0 Å². The van der Waals surface area contributed by atoms with E-state index in [9.17, 15) is 0 Å². The number of hydrogen-bond acceptors (Lipinski definition) is 2. The molecule has 2 N–H and O–H groups in total. The van der Waals surface area contributed by atoms with Gasteiger partial charge < -0.3 is 5.73 Å². The molecule has 2 heteroatoms. The second-order valence-electron chi connectivity index (χ2n) is 5.05. The van der Waals surface area contributed by atoms with Gasteiger partial charge in [0.25, 0.3) is 0 Å². The maximum Gasteiger partial charge on any atom is 0.0412 e. The van der Waals surface area contributed by atoms with E-state index in [1.54, 1.807) is 0 Å². The summed E-state index contributed by atoms with van der Waals surface area (Å²) >= 11 is 1.97. The zero-order valence-corrected chi connectivity index (χ0v) is 12.3. The summed E-state index contributed by atoms with van der Waals surface area (Å²) in [7, 11) is 0. The van der Waals surface area contributed by atoms with Crippen molar-refractivity contribution in [2.24, 2.45) is 11.7 Å². The number of nitrogens with two attached hydrogens (primary N) is 1. The Morgan fingerprint density at radius 2 is 1.71 bits per heavy atom. The highest BCUT2D eigenvalue weighted by molar-refractivity contribution is 7.99. The molecular formula is C15H25NS. The van der Waals surface area contributed by atoms with Gasteiger partial charge in [0, 0.05) is 11.3 Å². The monoisotopic (exact) mass is 251 g/mol. The quantitative estimate of drug-likeness (QED) is 0.826. The predicted octanol–water partition coefficient (Wildman–Crippen LogP) is 4.03. The van der Waals surface area contributed by atoms with Crippen molar-refractivity contribution >= 4 is 11.8 Å². The smallest absolute Gasteiger partial charge is 0.0412 e. The molecule has 1 aromatic rings. The molecule has 1 aromatic carbocycles. The molecule has 1 nitrogen and oxygen atoms in total. The lowest BCUT2D eigenvalue weighted by Gasteiger charge is -2.21. The Kier molecular flexibility index (Phi) is 6.07. The van der Waals surface area contributed by atoms with Crippen molar-refractivity contribution in [3.05, 3.63) is 35.4 Å². The van der Waals surface area contributed by atoms with Gasteiger partial charge in [-0.15, -0.1) is 0 Å². The molecule has 17 heavy (non-hydrogen) atoms. The van der Waals surface area contributed by atoms with E-state index in [0.717, 1.165) is 12.3 Å². The Hall–Kier alpha value is -0.470. The van der Waals surface area contributed by atoms with E-state index >= 15 is 0 Å². The molecule has 0 saturated carbocycles.